The van der Waals surface area contributed by atoms with E-state index in [2.05, 4.69) is 0 Å². The normalized spacial score (nSPS) is 24.4. The molecule has 1 aromatic rings. The molecule has 16 heavy (non-hydrogen) atoms. The molecule has 1 aromatic carbocycles. The van der Waals surface area contributed by atoms with Crippen LogP contribution in [0.25, 0.3) is 0 Å². The summed E-state index contributed by atoms with van der Waals surface area (Å²) in [6, 6.07) is 9.76. The van der Waals surface area contributed by atoms with Crippen molar-refractivity contribution in [1.82, 2.24) is 0 Å². The average Bonchev–Trinajstić information content (AvgIpc) is 2.59. The lowest BCUT2D eigenvalue weighted by Crippen LogP contribution is -2.17. The highest BCUT2D eigenvalue weighted by Crippen LogP contribution is 2.21. The Labute approximate surface area is 95.7 Å². The molecule has 1 aliphatic rings. The minimum Gasteiger partial charge on any atom is -0.365 e. The molecular weight excluding hydrogens is 224 g/mol. The van der Waals surface area contributed by atoms with Gasteiger partial charge in [0.1, 0.15) is 0 Å². The lowest BCUT2D eigenvalue weighted by Gasteiger charge is -2.17. The first-order chi connectivity index (χ1) is 7.57. The maximum atomic E-state index is 11.2. The van der Waals surface area contributed by atoms with Gasteiger partial charge in [0.05, 0.1) is 18.0 Å². The van der Waals surface area contributed by atoms with Gasteiger partial charge < -0.3 is 4.74 Å². The van der Waals surface area contributed by atoms with Crippen LogP contribution < -0.4 is 0 Å². The molecule has 0 saturated heterocycles. The van der Waals surface area contributed by atoms with Crippen molar-refractivity contribution in [3.63, 3.8) is 0 Å². The number of rotatable bonds is 3. The summed E-state index contributed by atoms with van der Waals surface area (Å²) in [5.41, 5.74) is 1.06. The quantitative estimate of drug-likeness (QED) is 0.809. The van der Waals surface area contributed by atoms with Crippen molar-refractivity contribution in [2.75, 3.05) is 5.75 Å². The molecule has 2 unspecified atom stereocenters. The van der Waals surface area contributed by atoms with Crippen molar-refractivity contribution in [2.45, 2.75) is 19.1 Å². The first kappa shape index (κ1) is 11.4. The van der Waals surface area contributed by atoms with Crippen molar-refractivity contribution in [3.05, 3.63) is 47.4 Å². The van der Waals surface area contributed by atoms with Gasteiger partial charge in [-0.2, -0.15) is 0 Å². The fraction of sp³-hybridized carbons (Fsp3) is 0.333. The Bertz CT molecular complexity index is 476. The third-order valence-corrected chi connectivity index (χ3v) is 3.91. The van der Waals surface area contributed by atoms with Crippen LogP contribution in [0, 0.1) is 0 Å². The molecule has 0 saturated carbocycles. The van der Waals surface area contributed by atoms with Crippen molar-refractivity contribution >= 4 is 9.84 Å². The number of benzene rings is 1. The Morgan fingerprint density at radius 3 is 2.56 bits per heavy atom. The van der Waals surface area contributed by atoms with E-state index in [0.717, 1.165) is 5.56 Å². The second-order valence-corrected chi connectivity index (χ2v) is 5.82. The standard InChI is InChI=1S/C12H14O3S/c1-10(11-5-3-2-4-6-11)15-12-7-8-16(13,14)9-12/h2-8,10,12H,9H2,1H3. The van der Waals surface area contributed by atoms with Gasteiger partial charge in [0.2, 0.25) is 0 Å². The van der Waals surface area contributed by atoms with Gasteiger partial charge in [-0.25, -0.2) is 8.42 Å². The van der Waals surface area contributed by atoms with Crippen LogP contribution >= 0.6 is 0 Å². The van der Waals surface area contributed by atoms with E-state index < -0.39 is 9.84 Å². The molecule has 0 amide bonds. The third-order valence-electron chi connectivity index (χ3n) is 2.55. The van der Waals surface area contributed by atoms with Gasteiger partial charge in [-0.3, -0.25) is 0 Å². The molecule has 0 N–H and O–H groups in total. The highest BCUT2D eigenvalue weighted by molar-refractivity contribution is 7.94. The Morgan fingerprint density at radius 2 is 2.00 bits per heavy atom. The molecule has 2 rings (SSSR count). The van der Waals surface area contributed by atoms with Gasteiger partial charge in [-0.15, -0.1) is 0 Å². The molecule has 0 radical (unpaired) electrons. The van der Waals surface area contributed by atoms with Crippen LogP contribution in [0.3, 0.4) is 0 Å². The lowest BCUT2D eigenvalue weighted by atomic mass is 10.1. The molecule has 1 aliphatic heterocycles. The molecule has 0 spiro atoms. The van der Waals surface area contributed by atoms with Crippen molar-refractivity contribution in [3.8, 4) is 0 Å². The third kappa shape index (κ3) is 2.71. The number of ether oxygens (including phenoxy) is 1. The minimum atomic E-state index is -3.03. The van der Waals surface area contributed by atoms with E-state index >= 15 is 0 Å². The van der Waals surface area contributed by atoms with Crippen molar-refractivity contribution < 1.29 is 13.2 Å². The van der Waals surface area contributed by atoms with Gasteiger partial charge >= 0.3 is 0 Å². The summed E-state index contributed by atoms with van der Waals surface area (Å²) in [5.74, 6) is 0.0597. The van der Waals surface area contributed by atoms with Gasteiger partial charge in [0.25, 0.3) is 0 Å². The van der Waals surface area contributed by atoms with Gasteiger partial charge in [-0.1, -0.05) is 30.3 Å². The monoisotopic (exact) mass is 238 g/mol. The Morgan fingerprint density at radius 1 is 1.31 bits per heavy atom. The minimum absolute atomic E-state index is 0.0597. The number of sulfone groups is 1. The Balaban J connectivity index is 2.00. The van der Waals surface area contributed by atoms with Gasteiger partial charge in [-0.05, 0) is 18.6 Å². The average molecular weight is 238 g/mol. The molecule has 86 valence electrons. The first-order valence-corrected chi connectivity index (χ1v) is 6.90. The molecule has 0 aromatic heterocycles. The second-order valence-electron chi connectivity index (χ2n) is 3.89. The fourth-order valence-corrected chi connectivity index (χ4v) is 2.87. The SMILES string of the molecule is CC(OC1C=CS(=O)(=O)C1)c1ccccc1. The van der Waals surface area contributed by atoms with E-state index in [9.17, 15) is 8.42 Å². The molecule has 0 fully saturated rings. The smallest absolute Gasteiger partial charge is 0.174 e. The van der Waals surface area contributed by atoms with Crippen molar-refractivity contribution in [1.29, 1.82) is 0 Å². The maximum Gasteiger partial charge on any atom is 0.174 e. The van der Waals surface area contributed by atoms with E-state index in [1.165, 1.54) is 5.41 Å². The highest BCUT2D eigenvalue weighted by atomic mass is 32.2. The zero-order valence-electron chi connectivity index (χ0n) is 9.04. The summed E-state index contributed by atoms with van der Waals surface area (Å²) in [7, 11) is -3.03. The highest BCUT2D eigenvalue weighted by Gasteiger charge is 2.24. The summed E-state index contributed by atoms with van der Waals surface area (Å²) in [6.45, 7) is 1.92. The summed E-state index contributed by atoms with van der Waals surface area (Å²) >= 11 is 0. The Kier molecular flexibility index (Phi) is 3.12. The van der Waals surface area contributed by atoms with Crippen LogP contribution in [-0.2, 0) is 14.6 Å². The van der Waals surface area contributed by atoms with Gasteiger partial charge in [0, 0.05) is 5.41 Å². The first-order valence-electron chi connectivity index (χ1n) is 5.18. The summed E-state index contributed by atoms with van der Waals surface area (Å²) in [6.07, 6.45) is 1.19. The number of hydrogen-bond donors (Lipinski definition) is 0. The van der Waals surface area contributed by atoms with E-state index in [4.69, 9.17) is 4.74 Å². The van der Waals surface area contributed by atoms with E-state index in [0.29, 0.717) is 0 Å². The molecule has 0 bridgehead atoms. The fourth-order valence-electron chi connectivity index (χ4n) is 1.70. The van der Waals surface area contributed by atoms with E-state index in [-0.39, 0.29) is 18.0 Å². The van der Waals surface area contributed by atoms with Crippen LogP contribution in [0.5, 0.6) is 0 Å². The van der Waals surface area contributed by atoms with Crippen LogP contribution in [0.4, 0.5) is 0 Å². The van der Waals surface area contributed by atoms with Crippen LogP contribution in [0.15, 0.2) is 41.8 Å². The molecule has 3 nitrogen and oxygen atoms in total. The van der Waals surface area contributed by atoms with Crippen LogP contribution in [-0.4, -0.2) is 20.3 Å². The largest absolute Gasteiger partial charge is 0.365 e. The molecule has 2 atom stereocenters. The zero-order valence-corrected chi connectivity index (χ0v) is 9.85. The molecule has 1 heterocycles. The number of hydrogen-bond acceptors (Lipinski definition) is 3. The second kappa shape index (κ2) is 4.39. The topological polar surface area (TPSA) is 43.4 Å². The Hall–Kier alpha value is -1.13. The molecule has 0 aliphatic carbocycles. The maximum absolute atomic E-state index is 11.2. The zero-order chi connectivity index (χ0) is 11.6. The van der Waals surface area contributed by atoms with E-state index in [1.807, 2.05) is 37.3 Å². The predicted octanol–water partition coefficient (Wildman–Crippen LogP) is 2.07. The lowest BCUT2D eigenvalue weighted by molar-refractivity contribution is 0.0366. The van der Waals surface area contributed by atoms with Crippen LogP contribution in [0.2, 0.25) is 0 Å². The summed E-state index contributed by atoms with van der Waals surface area (Å²) in [4.78, 5) is 0. The van der Waals surface area contributed by atoms with Crippen molar-refractivity contribution in [2.24, 2.45) is 0 Å². The summed E-state index contributed by atoms with van der Waals surface area (Å²) in [5, 5.41) is 1.23. The predicted molar refractivity (Wildman–Crippen MR) is 62.7 cm³/mol. The summed E-state index contributed by atoms with van der Waals surface area (Å²) < 4.78 is 28.1. The van der Waals surface area contributed by atoms with Gasteiger partial charge in [0.15, 0.2) is 9.84 Å². The van der Waals surface area contributed by atoms with E-state index in [1.54, 1.807) is 6.08 Å². The molecule has 4 heteroatoms. The van der Waals surface area contributed by atoms with Crippen LogP contribution in [0.1, 0.15) is 18.6 Å². The molecular formula is C12H14O3S.